The van der Waals surface area contributed by atoms with Crippen LogP contribution in [-0.4, -0.2) is 41.8 Å². The lowest BCUT2D eigenvalue weighted by Crippen LogP contribution is -2.44. The first-order chi connectivity index (χ1) is 16.8. The van der Waals surface area contributed by atoms with Gasteiger partial charge >= 0.3 is 12.1 Å². The fourth-order valence-electron chi connectivity index (χ4n) is 4.43. The number of rotatable bonds is 11. The highest BCUT2D eigenvalue weighted by Gasteiger charge is 2.29. The smallest absolute Gasteiger partial charge is 0.407 e. The highest BCUT2D eigenvalue weighted by Crippen LogP contribution is 2.44. The van der Waals surface area contributed by atoms with Crippen molar-refractivity contribution in [3.05, 3.63) is 71.3 Å². The van der Waals surface area contributed by atoms with E-state index < -0.39 is 30.1 Å². The number of carboxylic acids is 1. The van der Waals surface area contributed by atoms with E-state index in [-0.39, 0.29) is 25.4 Å². The molecule has 3 N–H and O–H groups in total. The lowest BCUT2D eigenvalue weighted by molar-refractivity contribution is -0.141. The summed E-state index contributed by atoms with van der Waals surface area (Å²) in [5, 5.41) is 14.7. The maximum atomic E-state index is 12.6. The van der Waals surface area contributed by atoms with Crippen molar-refractivity contribution in [3.8, 4) is 11.1 Å². The van der Waals surface area contributed by atoms with Crippen molar-refractivity contribution < 1.29 is 24.2 Å². The molecule has 0 heterocycles. The van der Waals surface area contributed by atoms with Crippen LogP contribution in [0.1, 0.15) is 63.5 Å². The largest absolute Gasteiger partial charge is 0.480 e. The number of carbonyl (C=O) groups is 3. The minimum absolute atomic E-state index is 0.0172. The Hall–Kier alpha value is -3.61. The fraction of sp³-hybridized carbons (Fsp3) is 0.393. The standard InChI is InChI=1S/C28H34N2O5/c1-4-9-19(16-26(31)30-25(27(32)33)15-14-18(2)3)29-28(34)35-17-24-22-12-7-5-10-20(22)21-11-6-8-13-23(21)24/h5-8,10-14,19,24-25H,4,9,15-17H2,1-3H3,(H,29,34)(H,30,31)(H,32,33)/t19-,25?/m0/s1. The molecule has 0 saturated heterocycles. The lowest BCUT2D eigenvalue weighted by atomic mass is 9.98. The topological polar surface area (TPSA) is 105 Å². The first kappa shape index (κ1) is 26.0. The van der Waals surface area contributed by atoms with Crippen molar-refractivity contribution in [2.24, 2.45) is 0 Å². The summed E-state index contributed by atoms with van der Waals surface area (Å²) in [7, 11) is 0. The van der Waals surface area contributed by atoms with Crippen molar-refractivity contribution in [2.75, 3.05) is 6.61 Å². The molecule has 2 atom stereocenters. The van der Waals surface area contributed by atoms with Crippen LogP contribution in [0.15, 0.2) is 60.2 Å². The van der Waals surface area contributed by atoms with E-state index in [2.05, 4.69) is 34.9 Å². The number of alkyl carbamates (subject to hydrolysis) is 1. The maximum Gasteiger partial charge on any atom is 0.407 e. The molecule has 1 unspecified atom stereocenters. The van der Waals surface area contributed by atoms with Gasteiger partial charge in [-0.2, -0.15) is 0 Å². The average molecular weight is 479 g/mol. The average Bonchev–Trinajstić information content (AvgIpc) is 3.14. The van der Waals surface area contributed by atoms with Gasteiger partial charge in [0, 0.05) is 18.4 Å². The Morgan fingerprint density at radius 3 is 2.14 bits per heavy atom. The fourth-order valence-corrected chi connectivity index (χ4v) is 4.43. The summed E-state index contributed by atoms with van der Waals surface area (Å²) in [6.07, 6.45) is 2.71. The minimum atomic E-state index is -1.09. The zero-order chi connectivity index (χ0) is 25.4. The van der Waals surface area contributed by atoms with Crippen molar-refractivity contribution in [2.45, 2.75) is 64.5 Å². The van der Waals surface area contributed by atoms with Gasteiger partial charge in [0.05, 0.1) is 0 Å². The van der Waals surface area contributed by atoms with Crippen LogP contribution in [-0.2, 0) is 14.3 Å². The molecule has 0 spiro atoms. The predicted molar refractivity (Wildman–Crippen MR) is 135 cm³/mol. The van der Waals surface area contributed by atoms with Gasteiger partial charge in [-0.15, -0.1) is 0 Å². The molecule has 0 fully saturated rings. The van der Waals surface area contributed by atoms with Crippen LogP contribution < -0.4 is 10.6 Å². The molecule has 0 aliphatic heterocycles. The van der Waals surface area contributed by atoms with Gasteiger partial charge in [0.25, 0.3) is 0 Å². The molecule has 0 bridgehead atoms. The summed E-state index contributed by atoms with van der Waals surface area (Å²) in [5.41, 5.74) is 5.54. The molecule has 7 heteroatoms. The third kappa shape index (κ3) is 6.94. The number of nitrogens with one attached hydrogen (secondary N) is 2. The Bertz CT molecular complexity index is 1040. The van der Waals surface area contributed by atoms with Gasteiger partial charge in [-0.1, -0.05) is 73.5 Å². The molecular formula is C28H34N2O5. The van der Waals surface area contributed by atoms with E-state index >= 15 is 0 Å². The van der Waals surface area contributed by atoms with Crippen molar-refractivity contribution in [1.82, 2.24) is 10.6 Å². The number of hydrogen-bond acceptors (Lipinski definition) is 4. The first-order valence-corrected chi connectivity index (χ1v) is 12.1. The van der Waals surface area contributed by atoms with E-state index in [0.717, 1.165) is 34.2 Å². The SMILES string of the molecule is CCC[C@@H](CC(=O)NC(CC=C(C)C)C(=O)O)NC(=O)OCC1c2ccccc2-c2ccccc21. The maximum absolute atomic E-state index is 12.6. The Morgan fingerprint density at radius 1 is 1.00 bits per heavy atom. The van der Waals surface area contributed by atoms with Gasteiger partial charge in [0.2, 0.25) is 5.91 Å². The molecule has 1 aliphatic carbocycles. The normalized spacial score (nSPS) is 13.7. The molecule has 0 radical (unpaired) electrons. The highest BCUT2D eigenvalue weighted by atomic mass is 16.5. The number of allylic oxidation sites excluding steroid dienone is 1. The van der Waals surface area contributed by atoms with Gasteiger partial charge in [0.1, 0.15) is 12.6 Å². The third-order valence-corrected chi connectivity index (χ3v) is 6.13. The van der Waals surface area contributed by atoms with Gasteiger partial charge < -0.3 is 20.5 Å². The van der Waals surface area contributed by atoms with Crippen LogP contribution >= 0.6 is 0 Å². The van der Waals surface area contributed by atoms with Gasteiger partial charge in [-0.3, -0.25) is 4.79 Å². The van der Waals surface area contributed by atoms with Crippen LogP contribution in [0.2, 0.25) is 0 Å². The second kappa shape index (κ2) is 12.2. The van der Waals surface area contributed by atoms with Gasteiger partial charge in [-0.05, 0) is 48.9 Å². The predicted octanol–water partition coefficient (Wildman–Crippen LogP) is 5.01. The molecule has 2 aromatic carbocycles. The van der Waals surface area contributed by atoms with E-state index in [1.807, 2.05) is 45.0 Å². The molecule has 35 heavy (non-hydrogen) atoms. The molecule has 0 saturated carbocycles. The number of fused-ring (bicyclic) bond motifs is 3. The monoisotopic (exact) mass is 478 g/mol. The molecule has 7 nitrogen and oxygen atoms in total. The van der Waals surface area contributed by atoms with Crippen molar-refractivity contribution >= 4 is 18.0 Å². The number of aliphatic carboxylic acids is 1. The number of amides is 2. The molecule has 1 aliphatic rings. The quantitative estimate of drug-likeness (QED) is 0.394. The second-order valence-electron chi connectivity index (χ2n) is 9.14. The van der Waals surface area contributed by atoms with Crippen LogP contribution in [0.4, 0.5) is 4.79 Å². The van der Waals surface area contributed by atoms with E-state index in [1.54, 1.807) is 6.08 Å². The zero-order valence-electron chi connectivity index (χ0n) is 20.5. The van der Waals surface area contributed by atoms with E-state index in [0.29, 0.717) is 6.42 Å². The summed E-state index contributed by atoms with van der Waals surface area (Å²) in [4.78, 5) is 36.6. The summed E-state index contributed by atoms with van der Waals surface area (Å²) in [6.45, 7) is 5.89. The lowest BCUT2D eigenvalue weighted by Gasteiger charge is -2.20. The van der Waals surface area contributed by atoms with Crippen LogP contribution in [0, 0.1) is 0 Å². The molecule has 2 amide bonds. The number of carbonyl (C=O) groups excluding carboxylic acids is 2. The minimum Gasteiger partial charge on any atom is -0.480 e. The Morgan fingerprint density at radius 2 is 1.60 bits per heavy atom. The van der Waals surface area contributed by atoms with E-state index in [9.17, 15) is 19.5 Å². The summed E-state index contributed by atoms with van der Waals surface area (Å²) >= 11 is 0. The Labute approximate surface area is 206 Å². The summed E-state index contributed by atoms with van der Waals surface area (Å²) in [6, 6.07) is 14.8. The summed E-state index contributed by atoms with van der Waals surface area (Å²) < 4.78 is 5.60. The molecule has 3 rings (SSSR count). The Kier molecular flexibility index (Phi) is 9.06. The highest BCUT2D eigenvalue weighted by molar-refractivity contribution is 5.84. The van der Waals surface area contributed by atoms with Gasteiger partial charge in [0.15, 0.2) is 0 Å². The van der Waals surface area contributed by atoms with Crippen LogP contribution in [0.3, 0.4) is 0 Å². The van der Waals surface area contributed by atoms with E-state index in [1.165, 1.54) is 0 Å². The molecule has 0 aromatic heterocycles. The number of carboxylic acid groups (broad SMARTS) is 1. The molecule has 2 aromatic rings. The number of hydrogen-bond donors (Lipinski definition) is 3. The Balaban J connectivity index is 1.58. The number of benzene rings is 2. The van der Waals surface area contributed by atoms with Crippen molar-refractivity contribution in [3.63, 3.8) is 0 Å². The first-order valence-electron chi connectivity index (χ1n) is 12.1. The molecular weight excluding hydrogens is 444 g/mol. The van der Waals surface area contributed by atoms with Gasteiger partial charge in [-0.25, -0.2) is 9.59 Å². The third-order valence-electron chi connectivity index (χ3n) is 6.13. The van der Waals surface area contributed by atoms with Crippen molar-refractivity contribution in [1.29, 1.82) is 0 Å². The molecule has 186 valence electrons. The zero-order valence-corrected chi connectivity index (χ0v) is 20.5. The van der Waals surface area contributed by atoms with E-state index in [4.69, 9.17) is 4.74 Å². The summed E-state index contributed by atoms with van der Waals surface area (Å²) in [5.74, 6) is -1.56. The van der Waals surface area contributed by atoms with Crippen LogP contribution in [0.25, 0.3) is 11.1 Å². The second-order valence-corrected chi connectivity index (χ2v) is 9.14. The number of ether oxygens (including phenoxy) is 1. The van der Waals surface area contributed by atoms with Crippen LogP contribution in [0.5, 0.6) is 0 Å².